The summed E-state index contributed by atoms with van der Waals surface area (Å²) in [6.45, 7) is 2.75. The van der Waals surface area contributed by atoms with Gasteiger partial charge in [-0.15, -0.1) is 0 Å². The van der Waals surface area contributed by atoms with Crippen LogP contribution < -0.4 is 10.2 Å². The van der Waals surface area contributed by atoms with Crippen LogP contribution in [0.4, 0.5) is 15.9 Å². The first-order valence-corrected chi connectivity index (χ1v) is 7.75. The number of nitrogens with zero attached hydrogens (tertiary/aromatic N) is 2. The summed E-state index contributed by atoms with van der Waals surface area (Å²) in [5.74, 6) is 0.106. The second-order valence-corrected chi connectivity index (χ2v) is 5.35. The third kappa shape index (κ3) is 4.17. The van der Waals surface area contributed by atoms with Gasteiger partial charge in [-0.05, 0) is 35.9 Å². The fourth-order valence-corrected chi connectivity index (χ4v) is 2.48. The summed E-state index contributed by atoms with van der Waals surface area (Å²) in [4.78, 5) is 18.6. The zero-order valence-electron chi connectivity index (χ0n) is 13.1. The predicted molar refractivity (Wildman–Crippen MR) is 91.3 cm³/mol. The van der Waals surface area contributed by atoms with Crippen LogP contribution in [0, 0.1) is 5.82 Å². The smallest absolute Gasteiger partial charge is 0.248 e. The average molecular weight is 327 g/mol. The minimum atomic E-state index is -0.334. The van der Waals surface area contributed by atoms with E-state index in [2.05, 4.69) is 15.2 Å². The van der Waals surface area contributed by atoms with Gasteiger partial charge in [0.1, 0.15) is 5.82 Å². The Morgan fingerprint density at radius 1 is 1.25 bits per heavy atom. The number of anilines is 2. The molecule has 1 saturated heterocycles. The first-order chi connectivity index (χ1) is 11.7. The van der Waals surface area contributed by atoms with Crippen molar-refractivity contribution in [2.45, 2.75) is 0 Å². The van der Waals surface area contributed by atoms with Gasteiger partial charge < -0.3 is 15.0 Å². The van der Waals surface area contributed by atoms with E-state index in [1.807, 2.05) is 6.07 Å². The molecule has 5 nitrogen and oxygen atoms in total. The molecule has 3 rings (SSSR count). The number of hydrogen-bond acceptors (Lipinski definition) is 4. The molecule has 0 spiro atoms. The van der Waals surface area contributed by atoms with Crippen molar-refractivity contribution in [3.05, 3.63) is 60.1 Å². The second-order valence-electron chi connectivity index (χ2n) is 5.35. The van der Waals surface area contributed by atoms with Crippen molar-refractivity contribution >= 4 is 23.5 Å². The third-order valence-corrected chi connectivity index (χ3v) is 3.63. The van der Waals surface area contributed by atoms with Crippen LogP contribution in [0.5, 0.6) is 0 Å². The quantitative estimate of drug-likeness (QED) is 0.877. The summed E-state index contributed by atoms with van der Waals surface area (Å²) in [5.41, 5.74) is 1.28. The van der Waals surface area contributed by atoms with Crippen LogP contribution in [0.2, 0.25) is 0 Å². The number of rotatable bonds is 4. The summed E-state index contributed by atoms with van der Waals surface area (Å²) in [7, 11) is 0. The van der Waals surface area contributed by atoms with Gasteiger partial charge in [0.05, 0.1) is 18.9 Å². The molecular formula is C18H18FN3O2. The Kier molecular flexibility index (Phi) is 5.18. The normalized spacial score (nSPS) is 14.8. The van der Waals surface area contributed by atoms with Crippen molar-refractivity contribution in [3.63, 3.8) is 0 Å². The van der Waals surface area contributed by atoms with Crippen molar-refractivity contribution in [1.82, 2.24) is 4.98 Å². The lowest BCUT2D eigenvalue weighted by molar-refractivity contribution is -0.111. The Hall–Kier alpha value is -2.73. The molecule has 1 aliphatic heterocycles. The van der Waals surface area contributed by atoms with Crippen LogP contribution in [-0.2, 0) is 9.53 Å². The maximum absolute atomic E-state index is 13.1. The summed E-state index contributed by atoms with van der Waals surface area (Å²) in [6.07, 6.45) is 4.65. The number of morpholine rings is 1. The number of halogens is 1. The number of ether oxygens (including phenoxy) is 1. The molecular weight excluding hydrogens is 309 g/mol. The van der Waals surface area contributed by atoms with Crippen molar-refractivity contribution < 1.29 is 13.9 Å². The molecule has 1 aliphatic rings. The Morgan fingerprint density at radius 2 is 2.08 bits per heavy atom. The van der Waals surface area contributed by atoms with Crippen LogP contribution in [0.25, 0.3) is 6.08 Å². The molecule has 0 saturated carbocycles. The van der Waals surface area contributed by atoms with Crippen LogP contribution in [-0.4, -0.2) is 37.2 Å². The number of carbonyl (C=O) groups excluding carboxylic acids is 1. The molecule has 2 heterocycles. The standard InChI is InChI=1S/C18H18FN3O2/c19-15-4-1-3-14(13-15)6-7-17(23)21-16-5-2-8-20-18(16)22-9-11-24-12-10-22/h1-8,13H,9-12H2,(H,21,23). The van der Waals surface area contributed by atoms with Gasteiger partial charge in [-0.1, -0.05) is 12.1 Å². The van der Waals surface area contributed by atoms with Gasteiger partial charge in [0, 0.05) is 25.4 Å². The van der Waals surface area contributed by atoms with Gasteiger partial charge >= 0.3 is 0 Å². The third-order valence-electron chi connectivity index (χ3n) is 3.63. The van der Waals surface area contributed by atoms with E-state index >= 15 is 0 Å². The highest BCUT2D eigenvalue weighted by atomic mass is 19.1. The second kappa shape index (κ2) is 7.70. The molecule has 124 valence electrons. The Morgan fingerprint density at radius 3 is 2.88 bits per heavy atom. The Balaban J connectivity index is 1.70. The maximum atomic E-state index is 13.1. The largest absolute Gasteiger partial charge is 0.378 e. The Bertz CT molecular complexity index is 743. The summed E-state index contributed by atoms with van der Waals surface area (Å²) < 4.78 is 18.5. The number of carbonyl (C=O) groups is 1. The lowest BCUT2D eigenvalue weighted by atomic mass is 10.2. The summed E-state index contributed by atoms with van der Waals surface area (Å²) in [6, 6.07) is 9.65. The van der Waals surface area contributed by atoms with E-state index in [0.717, 1.165) is 18.9 Å². The molecule has 6 heteroatoms. The van der Waals surface area contributed by atoms with Gasteiger partial charge in [-0.3, -0.25) is 4.79 Å². The van der Waals surface area contributed by atoms with Gasteiger partial charge in [-0.25, -0.2) is 9.37 Å². The van der Waals surface area contributed by atoms with E-state index < -0.39 is 0 Å². The van der Waals surface area contributed by atoms with Crippen LogP contribution >= 0.6 is 0 Å². The van der Waals surface area contributed by atoms with Gasteiger partial charge in [0.25, 0.3) is 0 Å². The zero-order valence-corrected chi connectivity index (χ0v) is 13.1. The number of aromatic nitrogens is 1. The molecule has 1 N–H and O–H groups in total. The molecule has 1 fully saturated rings. The Labute approximate surface area is 139 Å². The van der Waals surface area contributed by atoms with E-state index in [0.29, 0.717) is 24.5 Å². The number of benzene rings is 1. The minimum absolute atomic E-state index is 0.290. The molecule has 1 amide bonds. The molecule has 0 aliphatic carbocycles. The number of pyridine rings is 1. The molecule has 0 unspecified atom stereocenters. The maximum Gasteiger partial charge on any atom is 0.248 e. The highest BCUT2D eigenvalue weighted by molar-refractivity contribution is 6.03. The molecule has 24 heavy (non-hydrogen) atoms. The van der Waals surface area contributed by atoms with Crippen molar-refractivity contribution in [3.8, 4) is 0 Å². The highest BCUT2D eigenvalue weighted by Gasteiger charge is 2.16. The lowest BCUT2D eigenvalue weighted by Crippen LogP contribution is -2.37. The zero-order chi connectivity index (χ0) is 16.8. The molecule has 1 aromatic carbocycles. The van der Waals surface area contributed by atoms with E-state index in [9.17, 15) is 9.18 Å². The monoisotopic (exact) mass is 327 g/mol. The van der Waals surface area contributed by atoms with Gasteiger partial charge in [0.2, 0.25) is 5.91 Å². The first-order valence-electron chi connectivity index (χ1n) is 7.75. The topological polar surface area (TPSA) is 54.5 Å². The first kappa shape index (κ1) is 16.1. The van der Waals surface area contributed by atoms with Crippen LogP contribution in [0.3, 0.4) is 0 Å². The highest BCUT2D eigenvalue weighted by Crippen LogP contribution is 2.23. The molecule has 0 atom stereocenters. The summed E-state index contributed by atoms with van der Waals surface area (Å²) >= 11 is 0. The van der Waals surface area contributed by atoms with E-state index in [4.69, 9.17) is 4.74 Å². The van der Waals surface area contributed by atoms with Crippen molar-refractivity contribution in [2.24, 2.45) is 0 Å². The lowest BCUT2D eigenvalue weighted by Gasteiger charge is -2.29. The van der Waals surface area contributed by atoms with E-state index in [1.165, 1.54) is 18.2 Å². The molecule has 0 radical (unpaired) electrons. The van der Waals surface area contributed by atoms with Crippen LogP contribution in [0.15, 0.2) is 48.7 Å². The summed E-state index contributed by atoms with van der Waals surface area (Å²) in [5, 5.41) is 2.83. The SMILES string of the molecule is O=C(C=Cc1cccc(F)c1)Nc1cccnc1N1CCOCC1. The van der Waals surface area contributed by atoms with E-state index in [-0.39, 0.29) is 11.7 Å². The number of amides is 1. The fourth-order valence-electron chi connectivity index (χ4n) is 2.48. The predicted octanol–water partition coefficient (Wildman–Crippen LogP) is 2.71. The molecule has 0 bridgehead atoms. The minimum Gasteiger partial charge on any atom is -0.378 e. The number of hydrogen-bond donors (Lipinski definition) is 1. The fraction of sp³-hybridized carbons (Fsp3) is 0.222. The van der Waals surface area contributed by atoms with Crippen molar-refractivity contribution in [1.29, 1.82) is 0 Å². The van der Waals surface area contributed by atoms with Gasteiger partial charge in [-0.2, -0.15) is 0 Å². The molecule has 2 aromatic rings. The molecule has 1 aromatic heterocycles. The van der Waals surface area contributed by atoms with Crippen LogP contribution in [0.1, 0.15) is 5.56 Å². The number of nitrogens with one attached hydrogen (secondary N) is 1. The van der Waals surface area contributed by atoms with Gasteiger partial charge in [0.15, 0.2) is 5.82 Å². The average Bonchev–Trinajstić information content (AvgIpc) is 2.61. The van der Waals surface area contributed by atoms with E-state index in [1.54, 1.807) is 30.5 Å². The van der Waals surface area contributed by atoms with Crippen molar-refractivity contribution in [2.75, 3.05) is 36.5 Å².